The lowest BCUT2D eigenvalue weighted by molar-refractivity contribution is -0.136. The zero-order valence-corrected chi connectivity index (χ0v) is 9.01. The van der Waals surface area contributed by atoms with E-state index in [2.05, 4.69) is 4.98 Å². The third-order valence-electron chi connectivity index (χ3n) is 2.30. The normalized spacial score (nSPS) is 10.4. The molecule has 0 amide bonds. The molecule has 0 bridgehead atoms. The maximum Gasteiger partial charge on any atom is 0.309 e. The summed E-state index contributed by atoms with van der Waals surface area (Å²) in [6.07, 6.45) is 3.16. The third-order valence-corrected chi connectivity index (χ3v) is 2.30. The summed E-state index contributed by atoms with van der Waals surface area (Å²) in [5.74, 6) is -1.18. The summed E-state index contributed by atoms with van der Waals surface area (Å²) < 4.78 is 14.5. The third kappa shape index (κ3) is 3.14. The van der Waals surface area contributed by atoms with Crippen LogP contribution in [0.5, 0.6) is 0 Å². The van der Waals surface area contributed by atoms with E-state index in [9.17, 15) is 9.18 Å². The van der Waals surface area contributed by atoms with Gasteiger partial charge in [-0.1, -0.05) is 12.1 Å². The number of carboxylic acids is 1. The number of halogens is 1. The number of imidazole rings is 1. The van der Waals surface area contributed by atoms with E-state index in [1.807, 2.05) is 0 Å². The van der Waals surface area contributed by atoms with Crippen molar-refractivity contribution in [3.05, 3.63) is 53.9 Å². The molecule has 0 atom stereocenters. The monoisotopic (exact) mass is 234 g/mol. The van der Waals surface area contributed by atoms with E-state index in [0.717, 1.165) is 5.56 Å². The summed E-state index contributed by atoms with van der Waals surface area (Å²) in [7, 11) is 0. The van der Waals surface area contributed by atoms with Gasteiger partial charge in [-0.3, -0.25) is 4.79 Å². The summed E-state index contributed by atoms with van der Waals surface area (Å²) in [4.78, 5) is 14.5. The molecule has 1 N–H and O–H groups in total. The minimum Gasteiger partial charge on any atom is -0.481 e. The second kappa shape index (κ2) is 4.78. The average molecular weight is 234 g/mol. The SMILES string of the molecule is O=C(O)Cc1cn(Cc2ccc(F)cc2)cn1. The molecule has 1 heterocycles. The number of benzene rings is 1. The molecule has 2 rings (SSSR count). The van der Waals surface area contributed by atoms with Crippen LogP contribution >= 0.6 is 0 Å². The van der Waals surface area contributed by atoms with E-state index in [1.165, 1.54) is 12.1 Å². The van der Waals surface area contributed by atoms with Crippen LogP contribution in [0.15, 0.2) is 36.8 Å². The number of hydrogen-bond acceptors (Lipinski definition) is 2. The molecule has 17 heavy (non-hydrogen) atoms. The number of aliphatic carboxylic acids is 1. The second-order valence-corrected chi connectivity index (χ2v) is 3.73. The molecular weight excluding hydrogens is 223 g/mol. The molecule has 0 aliphatic rings. The van der Waals surface area contributed by atoms with Crippen LogP contribution < -0.4 is 0 Å². The van der Waals surface area contributed by atoms with Crippen molar-refractivity contribution in [3.63, 3.8) is 0 Å². The van der Waals surface area contributed by atoms with Crippen molar-refractivity contribution in [2.45, 2.75) is 13.0 Å². The van der Waals surface area contributed by atoms with Crippen LogP contribution in [0, 0.1) is 5.82 Å². The van der Waals surface area contributed by atoms with Crippen LogP contribution in [-0.4, -0.2) is 20.6 Å². The van der Waals surface area contributed by atoms with Crippen molar-refractivity contribution < 1.29 is 14.3 Å². The highest BCUT2D eigenvalue weighted by Gasteiger charge is 2.04. The van der Waals surface area contributed by atoms with E-state index in [1.54, 1.807) is 29.2 Å². The largest absolute Gasteiger partial charge is 0.481 e. The Morgan fingerprint density at radius 1 is 1.35 bits per heavy atom. The first-order chi connectivity index (χ1) is 8.13. The summed E-state index contributed by atoms with van der Waals surface area (Å²) in [6.45, 7) is 0.549. The first-order valence-corrected chi connectivity index (χ1v) is 5.10. The molecule has 0 saturated carbocycles. The fourth-order valence-electron chi connectivity index (χ4n) is 1.54. The topological polar surface area (TPSA) is 55.1 Å². The van der Waals surface area contributed by atoms with Gasteiger partial charge in [0.05, 0.1) is 18.4 Å². The van der Waals surface area contributed by atoms with Gasteiger partial charge < -0.3 is 9.67 Å². The van der Waals surface area contributed by atoms with Crippen LogP contribution in [0.1, 0.15) is 11.3 Å². The van der Waals surface area contributed by atoms with E-state index in [-0.39, 0.29) is 12.2 Å². The van der Waals surface area contributed by atoms with Crippen molar-refractivity contribution in [2.75, 3.05) is 0 Å². The van der Waals surface area contributed by atoms with Crippen LogP contribution in [-0.2, 0) is 17.8 Å². The lowest BCUT2D eigenvalue weighted by atomic mass is 10.2. The molecule has 0 unspecified atom stereocenters. The van der Waals surface area contributed by atoms with Crippen molar-refractivity contribution in [1.29, 1.82) is 0 Å². The standard InChI is InChI=1S/C12H11FN2O2/c13-10-3-1-9(2-4-10)6-15-7-11(14-8-15)5-12(16)17/h1-4,7-8H,5-6H2,(H,16,17). The molecule has 1 aromatic heterocycles. The van der Waals surface area contributed by atoms with Gasteiger partial charge >= 0.3 is 5.97 Å². The zero-order chi connectivity index (χ0) is 12.3. The minimum absolute atomic E-state index is 0.0869. The maximum absolute atomic E-state index is 12.7. The van der Waals surface area contributed by atoms with Gasteiger partial charge in [0, 0.05) is 12.7 Å². The Balaban J connectivity index is 2.06. The Kier molecular flexibility index (Phi) is 3.18. The van der Waals surface area contributed by atoms with E-state index >= 15 is 0 Å². The minimum atomic E-state index is -0.906. The Bertz CT molecular complexity index is 520. The Morgan fingerprint density at radius 2 is 2.06 bits per heavy atom. The van der Waals surface area contributed by atoms with Gasteiger partial charge in [-0.2, -0.15) is 0 Å². The smallest absolute Gasteiger partial charge is 0.309 e. The Morgan fingerprint density at radius 3 is 2.71 bits per heavy atom. The van der Waals surface area contributed by atoms with Crippen molar-refractivity contribution in [2.24, 2.45) is 0 Å². The van der Waals surface area contributed by atoms with Crippen LogP contribution in [0.4, 0.5) is 4.39 Å². The molecule has 0 spiro atoms. The van der Waals surface area contributed by atoms with E-state index in [4.69, 9.17) is 5.11 Å². The molecule has 4 nitrogen and oxygen atoms in total. The fourth-order valence-corrected chi connectivity index (χ4v) is 1.54. The molecule has 0 aliphatic heterocycles. The fraction of sp³-hybridized carbons (Fsp3) is 0.167. The Labute approximate surface area is 97.3 Å². The van der Waals surface area contributed by atoms with Crippen molar-refractivity contribution >= 4 is 5.97 Å². The summed E-state index contributed by atoms with van der Waals surface area (Å²) in [5.41, 5.74) is 1.45. The van der Waals surface area contributed by atoms with Gasteiger partial charge in [-0.25, -0.2) is 9.37 Å². The predicted octanol–water partition coefficient (Wildman–Crippen LogP) is 1.70. The van der Waals surface area contributed by atoms with Gasteiger partial charge in [-0.15, -0.1) is 0 Å². The molecular formula is C12H11FN2O2. The van der Waals surface area contributed by atoms with E-state index in [0.29, 0.717) is 12.2 Å². The van der Waals surface area contributed by atoms with Gasteiger partial charge in [0.2, 0.25) is 0 Å². The highest BCUT2D eigenvalue weighted by atomic mass is 19.1. The average Bonchev–Trinajstić information content (AvgIpc) is 2.68. The number of nitrogens with zero attached hydrogens (tertiary/aromatic N) is 2. The summed E-state index contributed by atoms with van der Waals surface area (Å²) in [6, 6.07) is 6.16. The van der Waals surface area contributed by atoms with Crippen LogP contribution in [0.2, 0.25) is 0 Å². The summed E-state index contributed by atoms with van der Waals surface area (Å²) >= 11 is 0. The van der Waals surface area contributed by atoms with Crippen LogP contribution in [0.3, 0.4) is 0 Å². The van der Waals surface area contributed by atoms with Gasteiger partial charge in [0.25, 0.3) is 0 Å². The van der Waals surface area contributed by atoms with Crippen molar-refractivity contribution in [3.8, 4) is 0 Å². The maximum atomic E-state index is 12.7. The first kappa shape index (κ1) is 11.3. The number of carboxylic acid groups (broad SMARTS) is 1. The molecule has 1 aromatic carbocycles. The van der Waals surface area contributed by atoms with Crippen molar-refractivity contribution in [1.82, 2.24) is 9.55 Å². The molecule has 88 valence electrons. The number of rotatable bonds is 4. The predicted molar refractivity (Wildman–Crippen MR) is 59.1 cm³/mol. The molecule has 5 heteroatoms. The Hall–Kier alpha value is -2.17. The van der Waals surface area contributed by atoms with E-state index < -0.39 is 5.97 Å². The quantitative estimate of drug-likeness (QED) is 0.875. The molecule has 0 saturated heterocycles. The highest BCUT2D eigenvalue weighted by Crippen LogP contribution is 2.06. The molecule has 0 radical (unpaired) electrons. The first-order valence-electron chi connectivity index (χ1n) is 5.10. The molecule has 0 aliphatic carbocycles. The van der Waals surface area contributed by atoms with Gasteiger partial charge in [0.15, 0.2) is 0 Å². The van der Waals surface area contributed by atoms with Gasteiger partial charge in [0.1, 0.15) is 5.82 Å². The second-order valence-electron chi connectivity index (χ2n) is 3.73. The number of hydrogen-bond donors (Lipinski definition) is 1. The number of aromatic nitrogens is 2. The van der Waals surface area contributed by atoms with Gasteiger partial charge in [-0.05, 0) is 17.7 Å². The zero-order valence-electron chi connectivity index (χ0n) is 9.01. The lowest BCUT2D eigenvalue weighted by Gasteiger charge is -2.01. The number of carbonyl (C=O) groups is 1. The molecule has 2 aromatic rings. The lowest BCUT2D eigenvalue weighted by Crippen LogP contribution is -2.00. The summed E-state index contributed by atoms with van der Waals surface area (Å²) in [5, 5.41) is 8.61. The highest BCUT2D eigenvalue weighted by molar-refractivity contribution is 5.69. The van der Waals surface area contributed by atoms with Crippen LogP contribution in [0.25, 0.3) is 0 Å². The molecule has 0 fully saturated rings.